The molecule has 4 rings (SSSR count). The van der Waals surface area contributed by atoms with Crippen molar-refractivity contribution in [1.29, 1.82) is 0 Å². The SMILES string of the molecule is O=C(CN[C@@H]1CCc2ncnn2C1)NC[C@H]1COc2ccccc2O1. The number of hydrogen-bond donors (Lipinski definition) is 2. The van der Waals surface area contributed by atoms with Crippen LogP contribution < -0.4 is 20.1 Å². The Bertz CT molecular complexity index is 747. The summed E-state index contributed by atoms with van der Waals surface area (Å²) >= 11 is 0. The summed E-state index contributed by atoms with van der Waals surface area (Å²) in [6.07, 6.45) is 3.24. The van der Waals surface area contributed by atoms with Gasteiger partial charge in [-0.15, -0.1) is 0 Å². The summed E-state index contributed by atoms with van der Waals surface area (Å²) < 4.78 is 13.4. The predicted octanol–water partition coefficient (Wildman–Crippen LogP) is 0.139. The molecule has 3 heterocycles. The molecule has 0 radical (unpaired) electrons. The maximum Gasteiger partial charge on any atom is 0.234 e. The van der Waals surface area contributed by atoms with Crippen LogP contribution in [0.25, 0.3) is 0 Å². The Labute approximate surface area is 145 Å². The minimum Gasteiger partial charge on any atom is -0.486 e. The van der Waals surface area contributed by atoms with Crippen molar-refractivity contribution in [1.82, 2.24) is 25.4 Å². The number of ether oxygens (including phenoxy) is 2. The van der Waals surface area contributed by atoms with Gasteiger partial charge in [0.2, 0.25) is 5.91 Å². The summed E-state index contributed by atoms with van der Waals surface area (Å²) in [6.45, 7) is 1.88. The van der Waals surface area contributed by atoms with E-state index in [2.05, 4.69) is 20.7 Å². The fraction of sp³-hybridized carbons (Fsp3) is 0.471. The molecule has 0 saturated heterocycles. The number of carbonyl (C=O) groups excluding carboxylic acids is 1. The first kappa shape index (κ1) is 15.9. The molecule has 0 fully saturated rings. The van der Waals surface area contributed by atoms with Crippen LogP contribution in [0.1, 0.15) is 12.2 Å². The molecule has 0 spiro atoms. The van der Waals surface area contributed by atoms with Crippen LogP contribution in [0.3, 0.4) is 0 Å². The summed E-state index contributed by atoms with van der Waals surface area (Å²) in [5.74, 6) is 2.43. The van der Waals surface area contributed by atoms with E-state index >= 15 is 0 Å². The zero-order chi connectivity index (χ0) is 17.1. The van der Waals surface area contributed by atoms with Gasteiger partial charge in [-0.05, 0) is 18.6 Å². The van der Waals surface area contributed by atoms with Crippen molar-refractivity contribution >= 4 is 5.91 Å². The molecule has 1 amide bonds. The van der Waals surface area contributed by atoms with Gasteiger partial charge in [-0.2, -0.15) is 5.10 Å². The predicted molar refractivity (Wildman–Crippen MR) is 89.5 cm³/mol. The van der Waals surface area contributed by atoms with Gasteiger partial charge in [-0.1, -0.05) is 12.1 Å². The first-order valence-electron chi connectivity index (χ1n) is 8.53. The quantitative estimate of drug-likeness (QED) is 0.803. The number of benzene rings is 1. The molecule has 0 aliphatic carbocycles. The van der Waals surface area contributed by atoms with Crippen molar-refractivity contribution in [3.05, 3.63) is 36.4 Å². The zero-order valence-electron chi connectivity index (χ0n) is 13.9. The molecule has 1 aromatic carbocycles. The summed E-state index contributed by atoms with van der Waals surface area (Å²) in [4.78, 5) is 16.3. The number of hydrogen-bond acceptors (Lipinski definition) is 6. The van der Waals surface area contributed by atoms with E-state index in [-0.39, 0.29) is 24.6 Å². The lowest BCUT2D eigenvalue weighted by molar-refractivity contribution is -0.120. The summed E-state index contributed by atoms with van der Waals surface area (Å²) in [5.41, 5.74) is 0. The van der Waals surface area contributed by atoms with Gasteiger partial charge in [0.15, 0.2) is 11.5 Å². The number of aryl methyl sites for hydroxylation is 1. The minimum atomic E-state index is -0.175. The standard InChI is InChI=1S/C17H21N5O3/c23-17(8-18-12-5-6-16-20-11-21-22(16)9-12)19-7-13-10-24-14-3-1-2-4-15(14)25-13/h1-4,11-13,18H,5-10H2,(H,19,23)/t12-,13+/m1/s1. The Balaban J connectivity index is 1.19. The molecule has 2 N–H and O–H groups in total. The van der Waals surface area contributed by atoms with Gasteiger partial charge in [0, 0.05) is 12.5 Å². The molecule has 0 saturated carbocycles. The Hall–Kier alpha value is -2.61. The lowest BCUT2D eigenvalue weighted by Crippen LogP contribution is -2.46. The maximum atomic E-state index is 12.1. The van der Waals surface area contributed by atoms with Crippen LogP contribution in [0.15, 0.2) is 30.6 Å². The fourth-order valence-corrected chi connectivity index (χ4v) is 3.10. The molecule has 1 aromatic heterocycles. The van der Waals surface area contributed by atoms with E-state index in [1.54, 1.807) is 6.33 Å². The van der Waals surface area contributed by atoms with Crippen molar-refractivity contribution in [3.8, 4) is 11.5 Å². The van der Waals surface area contributed by atoms with Crippen molar-refractivity contribution in [2.75, 3.05) is 19.7 Å². The van der Waals surface area contributed by atoms with Crippen LogP contribution in [-0.4, -0.2) is 52.5 Å². The maximum absolute atomic E-state index is 12.1. The number of para-hydroxylation sites is 2. The first-order valence-corrected chi connectivity index (χ1v) is 8.53. The summed E-state index contributed by atoms with van der Waals surface area (Å²) in [6, 6.07) is 7.79. The molecule has 0 unspecified atom stereocenters. The van der Waals surface area contributed by atoms with Crippen LogP contribution >= 0.6 is 0 Å². The van der Waals surface area contributed by atoms with Crippen molar-refractivity contribution in [3.63, 3.8) is 0 Å². The van der Waals surface area contributed by atoms with Gasteiger partial charge >= 0.3 is 0 Å². The highest BCUT2D eigenvalue weighted by molar-refractivity contribution is 5.78. The zero-order valence-corrected chi connectivity index (χ0v) is 13.9. The second kappa shape index (κ2) is 7.10. The fourth-order valence-electron chi connectivity index (χ4n) is 3.10. The molecular formula is C17H21N5O3. The average Bonchev–Trinajstić information content (AvgIpc) is 3.12. The normalized spacial score (nSPS) is 21.4. The second-order valence-corrected chi connectivity index (χ2v) is 6.28. The van der Waals surface area contributed by atoms with Crippen molar-refractivity contribution in [2.45, 2.75) is 31.5 Å². The molecular weight excluding hydrogens is 322 g/mol. The number of nitrogens with zero attached hydrogens (tertiary/aromatic N) is 3. The van der Waals surface area contributed by atoms with E-state index in [1.165, 1.54) is 0 Å². The lowest BCUT2D eigenvalue weighted by atomic mass is 10.1. The van der Waals surface area contributed by atoms with Crippen LogP contribution in [0, 0.1) is 0 Å². The number of carbonyl (C=O) groups is 1. The summed E-state index contributed by atoms with van der Waals surface area (Å²) in [7, 11) is 0. The third-order valence-corrected chi connectivity index (χ3v) is 4.45. The molecule has 2 aliphatic heterocycles. The van der Waals surface area contributed by atoms with Crippen LogP contribution in [0.2, 0.25) is 0 Å². The monoisotopic (exact) mass is 343 g/mol. The molecule has 25 heavy (non-hydrogen) atoms. The topological polar surface area (TPSA) is 90.3 Å². The van der Waals surface area contributed by atoms with Crippen molar-refractivity contribution < 1.29 is 14.3 Å². The first-order chi connectivity index (χ1) is 12.3. The number of aromatic nitrogens is 3. The van der Waals surface area contributed by atoms with Gasteiger partial charge in [-0.3, -0.25) is 4.79 Å². The molecule has 8 heteroatoms. The largest absolute Gasteiger partial charge is 0.486 e. The molecule has 2 aromatic rings. The molecule has 2 atom stereocenters. The highest BCUT2D eigenvalue weighted by Crippen LogP contribution is 2.30. The minimum absolute atomic E-state index is 0.0492. The number of rotatable bonds is 5. The van der Waals surface area contributed by atoms with E-state index in [1.807, 2.05) is 28.9 Å². The van der Waals surface area contributed by atoms with Gasteiger partial charge in [0.25, 0.3) is 0 Å². The highest BCUT2D eigenvalue weighted by Gasteiger charge is 2.22. The van der Waals surface area contributed by atoms with Crippen molar-refractivity contribution in [2.24, 2.45) is 0 Å². The Kier molecular flexibility index (Phi) is 4.51. The molecule has 132 valence electrons. The molecule has 0 bridgehead atoms. The third-order valence-electron chi connectivity index (χ3n) is 4.45. The van der Waals surface area contributed by atoms with Gasteiger partial charge in [-0.25, -0.2) is 9.67 Å². The number of fused-ring (bicyclic) bond motifs is 2. The van der Waals surface area contributed by atoms with Gasteiger partial charge in [0.1, 0.15) is 24.9 Å². The third kappa shape index (κ3) is 3.74. The average molecular weight is 343 g/mol. The number of nitrogens with one attached hydrogen (secondary N) is 2. The van der Waals surface area contributed by atoms with E-state index in [0.29, 0.717) is 13.2 Å². The second-order valence-electron chi connectivity index (χ2n) is 6.28. The lowest BCUT2D eigenvalue weighted by Gasteiger charge is -2.27. The van der Waals surface area contributed by atoms with Gasteiger partial charge < -0.3 is 20.1 Å². The van der Waals surface area contributed by atoms with Gasteiger partial charge in [0.05, 0.1) is 19.6 Å². The molecule has 8 nitrogen and oxygen atoms in total. The molecule has 2 aliphatic rings. The van der Waals surface area contributed by atoms with Crippen LogP contribution in [0.4, 0.5) is 0 Å². The van der Waals surface area contributed by atoms with Crippen LogP contribution in [-0.2, 0) is 17.8 Å². The van der Waals surface area contributed by atoms with E-state index in [0.717, 1.165) is 36.7 Å². The Morgan fingerprint density at radius 3 is 3.12 bits per heavy atom. The highest BCUT2D eigenvalue weighted by atomic mass is 16.6. The number of amides is 1. The Morgan fingerprint density at radius 2 is 2.20 bits per heavy atom. The van der Waals surface area contributed by atoms with E-state index in [9.17, 15) is 4.79 Å². The van der Waals surface area contributed by atoms with E-state index in [4.69, 9.17) is 9.47 Å². The van der Waals surface area contributed by atoms with E-state index < -0.39 is 0 Å². The smallest absolute Gasteiger partial charge is 0.234 e. The Morgan fingerprint density at radius 1 is 1.32 bits per heavy atom. The summed E-state index contributed by atoms with van der Waals surface area (Å²) in [5, 5.41) is 10.4. The van der Waals surface area contributed by atoms with Crippen LogP contribution in [0.5, 0.6) is 11.5 Å².